The highest BCUT2D eigenvalue weighted by atomic mass is 16.4. The van der Waals surface area contributed by atoms with Gasteiger partial charge in [-0.3, -0.25) is 4.79 Å². The first kappa shape index (κ1) is 14.4. The van der Waals surface area contributed by atoms with Gasteiger partial charge in [0.2, 0.25) is 5.91 Å². The Hall–Kier alpha value is -2.04. The fourth-order valence-corrected chi connectivity index (χ4v) is 2.50. The van der Waals surface area contributed by atoms with Crippen LogP contribution in [0.5, 0.6) is 0 Å². The topological polar surface area (TPSA) is 78.9 Å². The molecule has 3 N–H and O–H groups in total. The molecule has 5 heteroatoms. The number of benzene rings is 1. The standard InChI is InChI=1S/C15H21N3O2/c1-15(2,13(16)17-20)14(19)18-9-5-8-11-6-3-4-7-12(11)10-18/h3-4,6-7,20H,5,8-10H2,1-2H3,(H2,16,17). The SMILES string of the molecule is CC(C)(C(=O)N1CCCc2ccccc2C1)C(N)=NO. The van der Waals surface area contributed by atoms with Gasteiger partial charge in [-0.1, -0.05) is 29.4 Å². The lowest BCUT2D eigenvalue weighted by molar-refractivity contribution is -0.137. The molecule has 0 saturated heterocycles. The maximum atomic E-state index is 12.6. The van der Waals surface area contributed by atoms with E-state index in [0.29, 0.717) is 13.1 Å². The van der Waals surface area contributed by atoms with E-state index in [0.717, 1.165) is 12.8 Å². The van der Waals surface area contributed by atoms with Gasteiger partial charge >= 0.3 is 0 Å². The number of hydrogen-bond acceptors (Lipinski definition) is 3. The Labute approximate surface area is 119 Å². The number of fused-ring (bicyclic) bond motifs is 1. The fourth-order valence-electron chi connectivity index (χ4n) is 2.50. The van der Waals surface area contributed by atoms with Crippen molar-refractivity contribution in [2.45, 2.75) is 33.2 Å². The average Bonchev–Trinajstić information content (AvgIpc) is 2.67. The molecule has 0 atom stereocenters. The van der Waals surface area contributed by atoms with Crippen LogP contribution in [0.2, 0.25) is 0 Å². The second-order valence-corrected chi connectivity index (χ2v) is 5.71. The molecule has 0 spiro atoms. The van der Waals surface area contributed by atoms with Gasteiger partial charge in [-0.2, -0.15) is 0 Å². The van der Waals surface area contributed by atoms with Crippen molar-refractivity contribution >= 4 is 11.7 Å². The Kier molecular flexibility index (Phi) is 3.97. The van der Waals surface area contributed by atoms with Gasteiger partial charge in [-0.15, -0.1) is 0 Å². The van der Waals surface area contributed by atoms with E-state index in [4.69, 9.17) is 10.9 Å². The minimum absolute atomic E-state index is 0.0555. The van der Waals surface area contributed by atoms with Gasteiger partial charge in [0.25, 0.3) is 0 Å². The zero-order chi connectivity index (χ0) is 14.8. The second-order valence-electron chi connectivity index (χ2n) is 5.71. The summed E-state index contributed by atoms with van der Waals surface area (Å²) in [5.74, 6) is -0.162. The smallest absolute Gasteiger partial charge is 0.236 e. The third kappa shape index (κ3) is 2.61. The maximum Gasteiger partial charge on any atom is 0.236 e. The van der Waals surface area contributed by atoms with Crippen molar-refractivity contribution in [3.63, 3.8) is 0 Å². The molecule has 20 heavy (non-hydrogen) atoms. The number of hydrogen-bond donors (Lipinski definition) is 2. The van der Waals surface area contributed by atoms with Crippen molar-refractivity contribution in [2.75, 3.05) is 6.54 Å². The van der Waals surface area contributed by atoms with Crippen LogP contribution in [0, 0.1) is 5.41 Å². The number of oxime groups is 1. The quantitative estimate of drug-likeness (QED) is 0.373. The van der Waals surface area contributed by atoms with Crippen molar-refractivity contribution in [3.05, 3.63) is 35.4 Å². The minimum atomic E-state index is -0.992. The highest BCUT2D eigenvalue weighted by molar-refractivity contribution is 6.05. The molecule has 2 rings (SSSR count). The Morgan fingerprint density at radius 2 is 2.00 bits per heavy atom. The number of nitrogens with zero attached hydrogens (tertiary/aromatic N) is 2. The van der Waals surface area contributed by atoms with Crippen LogP contribution in [-0.4, -0.2) is 28.4 Å². The highest BCUT2D eigenvalue weighted by Crippen LogP contribution is 2.24. The first-order chi connectivity index (χ1) is 9.46. The molecule has 0 unspecified atom stereocenters. The van der Waals surface area contributed by atoms with Gasteiger partial charge < -0.3 is 15.8 Å². The average molecular weight is 275 g/mol. The number of nitrogens with two attached hydrogens (primary N) is 1. The third-order valence-electron chi connectivity index (χ3n) is 3.92. The first-order valence-electron chi connectivity index (χ1n) is 6.81. The van der Waals surface area contributed by atoms with E-state index in [1.807, 2.05) is 12.1 Å². The molecule has 1 aromatic carbocycles. The molecule has 0 radical (unpaired) electrons. The molecular weight excluding hydrogens is 254 g/mol. The number of rotatable bonds is 2. The largest absolute Gasteiger partial charge is 0.409 e. The molecule has 1 aliphatic rings. The van der Waals surface area contributed by atoms with Crippen LogP contribution in [0.15, 0.2) is 29.4 Å². The molecule has 0 aliphatic carbocycles. The second kappa shape index (κ2) is 5.53. The Bertz CT molecular complexity index is 538. The molecule has 5 nitrogen and oxygen atoms in total. The van der Waals surface area contributed by atoms with Crippen LogP contribution >= 0.6 is 0 Å². The zero-order valence-electron chi connectivity index (χ0n) is 12.0. The van der Waals surface area contributed by atoms with Crippen LogP contribution in [0.3, 0.4) is 0 Å². The number of amides is 1. The van der Waals surface area contributed by atoms with Crippen LogP contribution in [-0.2, 0) is 17.8 Å². The number of aryl methyl sites for hydroxylation is 1. The minimum Gasteiger partial charge on any atom is -0.409 e. The van der Waals surface area contributed by atoms with E-state index in [1.165, 1.54) is 11.1 Å². The van der Waals surface area contributed by atoms with Crippen LogP contribution in [0.4, 0.5) is 0 Å². The summed E-state index contributed by atoms with van der Waals surface area (Å²) < 4.78 is 0. The first-order valence-corrected chi connectivity index (χ1v) is 6.81. The summed E-state index contributed by atoms with van der Waals surface area (Å²) in [5, 5.41) is 11.8. The van der Waals surface area contributed by atoms with Crippen LogP contribution in [0.1, 0.15) is 31.4 Å². The van der Waals surface area contributed by atoms with Crippen LogP contribution < -0.4 is 5.73 Å². The maximum absolute atomic E-state index is 12.6. The van der Waals surface area contributed by atoms with Crippen molar-refractivity contribution in [1.29, 1.82) is 0 Å². The summed E-state index contributed by atoms with van der Waals surface area (Å²) >= 11 is 0. The van der Waals surface area contributed by atoms with E-state index >= 15 is 0 Å². The van der Waals surface area contributed by atoms with E-state index in [1.54, 1.807) is 18.7 Å². The molecule has 108 valence electrons. The normalized spacial score (nSPS) is 16.5. The molecule has 1 aromatic rings. The lowest BCUT2D eigenvalue weighted by Crippen LogP contribution is -2.47. The van der Waals surface area contributed by atoms with Gasteiger partial charge in [0.1, 0.15) is 5.41 Å². The summed E-state index contributed by atoms with van der Waals surface area (Å²) in [6.45, 7) is 4.63. The van der Waals surface area contributed by atoms with Crippen LogP contribution in [0.25, 0.3) is 0 Å². The van der Waals surface area contributed by atoms with Crippen molar-refractivity contribution in [2.24, 2.45) is 16.3 Å². The van der Waals surface area contributed by atoms with Gasteiger partial charge in [0.15, 0.2) is 5.84 Å². The van der Waals surface area contributed by atoms with E-state index < -0.39 is 5.41 Å². The van der Waals surface area contributed by atoms with Crippen molar-refractivity contribution < 1.29 is 10.0 Å². The number of carbonyl (C=O) groups is 1. The molecule has 0 fully saturated rings. The van der Waals surface area contributed by atoms with Gasteiger partial charge in [-0.25, -0.2) is 0 Å². The summed E-state index contributed by atoms with van der Waals surface area (Å²) in [6.07, 6.45) is 1.90. The Morgan fingerprint density at radius 1 is 1.35 bits per heavy atom. The van der Waals surface area contributed by atoms with Gasteiger partial charge in [-0.05, 0) is 37.8 Å². The molecule has 1 aliphatic heterocycles. The van der Waals surface area contributed by atoms with Gasteiger partial charge in [0, 0.05) is 13.1 Å². The lowest BCUT2D eigenvalue weighted by atomic mass is 9.90. The number of amidine groups is 1. The van der Waals surface area contributed by atoms with E-state index in [-0.39, 0.29) is 11.7 Å². The molecule has 0 aromatic heterocycles. The Balaban J connectivity index is 2.24. The summed E-state index contributed by atoms with van der Waals surface area (Å²) in [4.78, 5) is 14.4. The summed E-state index contributed by atoms with van der Waals surface area (Å²) in [6, 6.07) is 8.17. The molecule has 1 heterocycles. The molecule has 1 amide bonds. The Morgan fingerprint density at radius 3 is 2.65 bits per heavy atom. The van der Waals surface area contributed by atoms with Gasteiger partial charge in [0.05, 0.1) is 0 Å². The molecular formula is C15H21N3O2. The summed E-state index contributed by atoms with van der Waals surface area (Å²) in [7, 11) is 0. The van der Waals surface area contributed by atoms with Crippen molar-refractivity contribution in [3.8, 4) is 0 Å². The van der Waals surface area contributed by atoms with Crippen molar-refractivity contribution in [1.82, 2.24) is 4.90 Å². The van der Waals surface area contributed by atoms with E-state index in [2.05, 4.69) is 17.3 Å². The third-order valence-corrected chi connectivity index (χ3v) is 3.92. The number of carbonyl (C=O) groups excluding carboxylic acids is 1. The highest BCUT2D eigenvalue weighted by Gasteiger charge is 2.36. The predicted octanol–water partition coefficient (Wildman–Crippen LogP) is 1.73. The lowest BCUT2D eigenvalue weighted by Gasteiger charge is -2.30. The van der Waals surface area contributed by atoms with E-state index in [9.17, 15) is 4.79 Å². The summed E-state index contributed by atoms with van der Waals surface area (Å²) in [5.41, 5.74) is 7.12. The molecule has 0 bridgehead atoms. The zero-order valence-corrected chi connectivity index (χ0v) is 12.0. The fraction of sp³-hybridized carbons (Fsp3) is 0.467. The molecule has 0 saturated carbocycles. The predicted molar refractivity (Wildman–Crippen MR) is 77.4 cm³/mol. The monoisotopic (exact) mass is 275 g/mol.